The molecule has 0 amide bonds. The van der Waals surface area contributed by atoms with Crippen molar-refractivity contribution in [2.75, 3.05) is 18.4 Å². The summed E-state index contributed by atoms with van der Waals surface area (Å²) < 4.78 is 27.6. The van der Waals surface area contributed by atoms with E-state index >= 15 is 0 Å². The number of pyridine rings is 1. The van der Waals surface area contributed by atoms with Crippen LogP contribution in [0.3, 0.4) is 0 Å². The Morgan fingerprint density at radius 1 is 1.11 bits per heavy atom. The van der Waals surface area contributed by atoms with Gasteiger partial charge in [-0.1, -0.05) is 0 Å². The normalized spacial score (nSPS) is 11.6. The van der Waals surface area contributed by atoms with Crippen LogP contribution in [0, 0.1) is 27.7 Å². The zero-order valence-electron chi connectivity index (χ0n) is 16.3. The molecule has 2 N–H and O–H groups in total. The molecule has 0 saturated heterocycles. The third kappa shape index (κ3) is 4.54. The fraction of sp³-hybridized carbons (Fsp3) is 0.316. The lowest BCUT2D eigenvalue weighted by Crippen LogP contribution is -2.29. The van der Waals surface area contributed by atoms with Gasteiger partial charge in [-0.05, 0) is 45.9 Å². The van der Waals surface area contributed by atoms with Crippen LogP contribution in [0.25, 0.3) is 11.4 Å². The third-order valence-electron chi connectivity index (χ3n) is 4.30. The zero-order chi connectivity index (χ0) is 20.3. The standard InChI is InChI=1S/C19H23N5O2S2/c1-12-10-17(15(4)27-12)28(25,26)22-9-8-21-18-13(2)14(3)23-19(24-18)16-6-5-7-20-11-16/h5-7,10-11,22H,8-9H2,1-4H3,(H,21,23,24). The molecule has 7 nitrogen and oxygen atoms in total. The lowest BCUT2D eigenvalue weighted by atomic mass is 10.2. The molecule has 0 aromatic carbocycles. The van der Waals surface area contributed by atoms with Gasteiger partial charge in [-0.3, -0.25) is 4.98 Å². The van der Waals surface area contributed by atoms with Crippen LogP contribution in [-0.2, 0) is 10.0 Å². The number of sulfonamides is 1. The van der Waals surface area contributed by atoms with Crippen LogP contribution in [-0.4, -0.2) is 36.5 Å². The Hall–Kier alpha value is -2.36. The molecule has 148 valence electrons. The highest BCUT2D eigenvalue weighted by Gasteiger charge is 2.18. The highest BCUT2D eigenvalue weighted by Crippen LogP contribution is 2.24. The maximum Gasteiger partial charge on any atom is 0.241 e. The van der Waals surface area contributed by atoms with Crippen LogP contribution >= 0.6 is 11.3 Å². The molecule has 0 bridgehead atoms. The molecule has 3 aromatic heterocycles. The quantitative estimate of drug-likeness (QED) is 0.573. The number of hydrogen-bond acceptors (Lipinski definition) is 7. The topological polar surface area (TPSA) is 96.9 Å². The van der Waals surface area contributed by atoms with Crippen LogP contribution in [0.15, 0.2) is 35.5 Å². The molecular formula is C19H23N5O2S2. The van der Waals surface area contributed by atoms with Crippen molar-refractivity contribution in [1.29, 1.82) is 0 Å². The molecule has 28 heavy (non-hydrogen) atoms. The van der Waals surface area contributed by atoms with Crippen LogP contribution in [0.1, 0.15) is 21.0 Å². The summed E-state index contributed by atoms with van der Waals surface area (Å²) in [5.74, 6) is 1.27. The van der Waals surface area contributed by atoms with Gasteiger partial charge in [-0.2, -0.15) is 0 Å². The highest BCUT2D eigenvalue weighted by atomic mass is 32.2. The Kier molecular flexibility index (Phi) is 6.07. The summed E-state index contributed by atoms with van der Waals surface area (Å²) in [6, 6.07) is 5.44. The van der Waals surface area contributed by atoms with Gasteiger partial charge in [-0.25, -0.2) is 23.1 Å². The molecule has 0 atom stereocenters. The van der Waals surface area contributed by atoms with E-state index in [9.17, 15) is 8.42 Å². The average Bonchev–Trinajstić information content (AvgIpc) is 3.01. The van der Waals surface area contributed by atoms with Crippen molar-refractivity contribution in [2.45, 2.75) is 32.6 Å². The highest BCUT2D eigenvalue weighted by molar-refractivity contribution is 7.89. The van der Waals surface area contributed by atoms with Crippen molar-refractivity contribution in [3.8, 4) is 11.4 Å². The van der Waals surface area contributed by atoms with Crippen molar-refractivity contribution < 1.29 is 8.42 Å². The lowest BCUT2D eigenvalue weighted by molar-refractivity contribution is 0.582. The molecular weight excluding hydrogens is 394 g/mol. The average molecular weight is 418 g/mol. The molecule has 0 saturated carbocycles. The molecule has 0 unspecified atom stereocenters. The van der Waals surface area contributed by atoms with E-state index in [-0.39, 0.29) is 6.54 Å². The van der Waals surface area contributed by atoms with Gasteiger partial charge in [0.05, 0.1) is 4.90 Å². The predicted octanol–water partition coefficient (Wildman–Crippen LogP) is 3.22. The molecule has 0 spiro atoms. The van der Waals surface area contributed by atoms with Gasteiger partial charge in [0.1, 0.15) is 5.82 Å². The number of rotatable bonds is 7. The molecule has 0 aliphatic heterocycles. The molecule has 3 rings (SSSR count). The van der Waals surface area contributed by atoms with Gasteiger partial charge in [0.15, 0.2) is 5.82 Å². The summed E-state index contributed by atoms with van der Waals surface area (Å²) >= 11 is 1.48. The van der Waals surface area contributed by atoms with E-state index < -0.39 is 10.0 Å². The van der Waals surface area contributed by atoms with Gasteiger partial charge >= 0.3 is 0 Å². The Morgan fingerprint density at radius 3 is 2.54 bits per heavy atom. The Bertz CT molecular complexity index is 1080. The number of aromatic nitrogens is 3. The predicted molar refractivity (Wildman–Crippen MR) is 112 cm³/mol. The number of hydrogen-bond donors (Lipinski definition) is 2. The Morgan fingerprint density at radius 2 is 1.89 bits per heavy atom. The summed E-state index contributed by atoms with van der Waals surface area (Å²) in [5, 5.41) is 3.21. The van der Waals surface area contributed by atoms with Crippen molar-refractivity contribution in [1.82, 2.24) is 19.7 Å². The number of nitrogens with one attached hydrogen (secondary N) is 2. The molecule has 9 heteroatoms. The largest absolute Gasteiger partial charge is 0.368 e. The number of thiophene rings is 1. The number of nitrogens with zero attached hydrogens (tertiary/aromatic N) is 3. The minimum absolute atomic E-state index is 0.251. The summed E-state index contributed by atoms with van der Waals surface area (Å²) in [5.41, 5.74) is 2.62. The van der Waals surface area contributed by atoms with Crippen LogP contribution in [0.4, 0.5) is 5.82 Å². The molecule has 3 aromatic rings. The Balaban J connectivity index is 1.68. The first-order valence-electron chi connectivity index (χ1n) is 8.84. The van der Waals surface area contributed by atoms with Gasteiger partial charge in [0.2, 0.25) is 10.0 Å². The summed E-state index contributed by atoms with van der Waals surface area (Å²) in [7, 11) is -3.51. The fourth-order valence-electron chi connectivity index (χ4n) is 2.74. The maximum absolute atomic E-state index is 12.5. The van der Waals surface area contributed by atoms with E-state index in [1.165, 1.54) is 11.3 Å². The first-order chi connectivity index (χ1) is 13.3. The minimum atomic E-state index is -3.51. The summed E-state index contributed by atoms with van der Waals surface area (Å²) in [4.78, 5) is 15.3. The zero-order valence-corrected chi connectivity index (χ0v) is 17.9. The maximum atomic E-state index is 12.5. The first-order valence-corrected chi connectivity index (χ1v) is 11.1. The summed E-state index contributed by atoms with van der Waals surface area (Å²) in [6.45, 7) is 8.24. The van der Waals surface area contributed by atoms with E-state index in [2.05, 4.69) is 25.0 Å². The fourth-order valence-corrected chi connectivity index (χ4v) is 5.33. The second-order valence-electron chi connectivity index (χ2n) is 6.45. The minimum Gasteiger partial charge on any atom is -0.368 e. The SMILES string of the molecule is Cc1cc(S(=O)(=O)NCCNc2nc(-c3cccnc3)nc(C)c2C)c(C)s1. The molecule has 0 radical (unpaired) electrons. The first kappa shape index (κ1) is 20.4. The third-order valence-corrected chi connectivity index (χ3v) is 6.99. The second kappa shape index (κ2) is 8.34. The van der Waals surface area contributed by atoms with Crippen molar-refractivity contribution >= 4 is 27.2 Å². The van der Waals surface area contributed by atoms with Crippen LogP contribution in [0.5, 0.6) is 0 Å². The Labute approximate surface area is 169 Å². The number of anilines is 1. The van der Waals surface area contributed by atoms with E-state index in [1.54, 1.807) is 18.5 Å². The van der Waals surface area contributed by atoms with E-state index in [1.807, 2.05) is 39.8 Å². The van der Waals surface area contributed by atoms with Crippen molar-refractivity contribution in [3.05, 3.63) is 51.6 Å². The molecule has 3 heterocycles. The second-order valence-corrected chi connectivity index (χ2v) is 9.65. The van der Waals surface area contributed by atoms with Gasteiger partial charge in [0, 0.05) is 52.1 Å². The molecule has 0 aliphatic carbocycles. The smallest absolute Gasteiger partial charge is 0.241 e. The number of aryl methyl sites for hydroxylation is 3. The van der Waals surface area contributed by atoms with Crippen molar-refractivity contribution in [2.24, 2.45) is 0 Å². The van der Waals surface area contributed by atoms with Crippen LogP contribution < -0.4 is 10.0 Å². The van der Waals surface area contributed by atoms with Crippen LogP contribution in [0.2, 0.25) is 0 Å². The van der Waals surface area contributed by atoms with E-state index in [4.69, 9.17) is 0 Å². The summed E-state index contributed by atoms with van der Waals surface area (Å²) in [6.07, 6.45) is 3.42. The van der Waals surface area contributed by atoms with Crippen molar-refractivity contribution in [3.63, 3.8) is 0 Å². The van der Waals surface area contributed by atoms with Gasteiger partial charge in [-0.15, -0.1) is 11.3 Å². The molecule has 0 fully saturated rings. The van der Waals surface area contributed by atoms with Gasteiger partial charge in [0.25, 0.3) is 0 Å². The van der Waals surface area contributed by atoms with E-state index in [0.29, 0.717) is 23.1 Å². The monoisotopic (exact) mass is 417 g/mol. The lowest BCUT2D eigenvalue weighted by Gasteiger charge is -2.13. The van der Waals surface area contributed by atoms with E-state index in [0.717, 1.165) is 26.6 Å². The van der Waals surface area contributed by atoms with Gasteiger partial charge < -0.3 is 5.32 Å². The molecule has 0 aliphatic rings.